The second kappa shape index (κ2) is 4.82. The summed E-state index contributed by atoms with van der Waals surface area (Å²) in [5.41, 5.74) is 11.9. The van der Waals surface area contributed by atoms with Crippen molar-refractivity contribution in [2.24, 2.45) is 11.8 Å². The Hall–Kier alpha value is -1.45. The molecule has 1 aliphatic rings. The zero-order valence-electron chi connectivity index (χ0n) is 10.6. The Bertz CT molecular complexity index is 391. The normalized spacial score (nSPS) is 28.9. The number of nitrogens with two attached hydrogens (primary N) is 2. The van der Waals surface area contributed by atoms with Gasteiger partial charge in [0, 0.05) is 6.04 Å². The summed E-state index contributed by atoms with van der Waals surface area (Å²) in [7, 11) is 0. The molecule has 1 aromatic heterocycles. The van der Waals surface area contributed by atoms with Crippen LogP contribution in [0.15, 0.2) is 12.1 Å². The van der Waals surface area contributed by atoms with Crippen LogP contribution in [0.5, 0.6) is 0 Å². The molecular formula is C13H22N4. The minimum atomic E-state index is 0.409. The van der Waals surface area contributed by atoms with Crippen LogP contribution in [-0.4, -0.2) is 11.0 Å². The third kappa shape index (κ3) is 2.81. The number of pyridine rings is 1. The van der Waals surface area contributed by atoms with Crippen LogP contribution in [0.3, 0.4) is 0 Å². The van der Waals surface area contributed by atoms with Crippen LogP contribution >= 0.6 is 0 Å². The number of nitrogens with one attached hydrogen (secondary N) is 1. The summed E-state index contributed by atoms with van der Waals surface area (Å²) < 4.78 is 0. The van der Waals surface area contributed by atoms with Crippen LogP contribution in [-0.2, 0) is 0 Å². The zero-order valence-corrected chi connectivity index (χ0v) is 10.6. The molecule has 94 valence electrons. The number of rotatable bonds is 2. The summed E-state index contributed by atoms with van der Waals surface area (Å²) in [6.07, 6.45) is 3.77. The highest BCUT2D eigenvalue weighted by Crippen LogP contribution is 2.30. The van der Waals surface area contributed by atoms with Crippen molar-refractivity contribution < 1.29 is 0 Å². The Balaban J connectivity index is 2.02. The van der Waals surface area contributed by atoms with E-state index in [1.165, 1.54) is 19.3 Å². The minimum Gasteiger partial charge on any atom is -0.396 e. The maximum absolute atomic E-state index is 5.71. The van der Waals surface area contributed by atoms with Gasteiger partial charge in [-0.3, -0.25) is 0 Å². The molecule has 3 unspecified atom stereocenters. The van der Waals surface area contributed by atoms with Gasteiger partial charge in [-0.2, -0.15) is 0 Å². The van der Waals surface area contributed by atoms with E-state index in [-0.39, 0.29) is 0 Å². The smallest absolute Gasteiger partial charge is 0.149 e. The van der Waals surface area contributed by atoms with Crippen LogP contribution in [0.4, 0.5) is 17.3 Å². The number of nitrogen functional groups attached to an aromatic ring is 2. The van der Waals surface area contributed by atoms with Crippen molar-refractivity contribution in [2.75, 3.05) is 16.8 Å². The molecule has 17 heavy (non-hydrogen) atoms. The fraction of sp³-hybridized carbons (Fsp3) is 0.615. The fourth-order valence-electron chi connectivity index (χ4n) is 2.64. The monoisotopic (exact) mass is 234 g/mol. The molecule has 2 rings (SSSR count). The number of hydrogen-bond donors (Lipinski definition) is 3. The van der Waals surface area contributed by atoms with Crippen LogP contribution in [0.25, 0.3) is 0 Å². The molecule has 0 aliphatic heterocycles. The molecule has 1 fully saturated rings. The quantitative estimate of drug-likeness (QED) is 0.734. The van der Waals surface area contributed by atoms with Crippen LogP contribution in [0, 0.1) is 11.8 Å². The van der Waals surface area contributed by atoms with E-state index >= 15 is 0 Å². The van der Waals surface area contributed by atoms with E-state index in [4.69, 9.17) is 11.5 Å². The third-order valence-electron chi connectivity index (χ3n) is 3.72. The van der Waals surface area contributed by atoms with Gasteiger partial charge in [-0.25, -0.2) is 4.98 Å². The predicted molar refractivity (Wildman–Crippen MR) is 72.7 cm³/mol. The Morgan fingerprint density at radius 1 is 1.24 bits per heavy atom. The second-order valence-corrected chi connectivity index (χ2v) is 5.32. The lowest BCUT2D eigenvalue weighted by Gasteiger charge is -2.33. The highest BCUT2D eigenvalue weighted by molar-refractivity contribution is 5.61. The lowest BCUT2D eigenvalue weighted by atomic mass is 9.80. The van der Waals surface area contributed by atoms with Gasteiger partial charge >= 0.3 is 0 Å². The largest absolute Gasteiger partial charge is 0.396 e. The number of anilines is 3. The van der Waals surface area contributed by atoms with Gasteiger partial charge in [0.15, 0.2) is 0 Å². The van der Waals surface area contributed by atoms with Crippen molar-refractivity contribution in [2.45, 2.75) is 39.2 Å². The van der Waals surface area contributed by atoms with Gasteiger partial charge in [-0.15, -0.1) is 0 Å². The van der Waals surface area contributed by atoms with Crippen LogP contribution in [0.1, 0.15) is 33.1 Å². The Morgan fingerprint density at radius 2 is 2.00 bits per heavy atom. The summed E-state index contributed by atoms with van der Waals surface area (Å²) in [6.45, 7) is 4.63. The first-order chi connectivity index (χ1) is 8.06. The number of hydrogen-bond acceptors (Lipinski definition) is 4. The molecule has 0 aromatic carbocycles. The molecule has 4 heteroatoms. The lowest BCUT2D eigenvalue weighted by Crippen LogP contribution is -2.33. The van der Waals surface area contributed by atoms with Crippen LogP contribution < -0.4 is 16.8 Å². The first-order valence-electron chi connectivity index (χ1n) is 6.34. The Morgan fingerprint density at radius 3 is 2.65 bits per heavy atom. The fourth-order valence-corrected chi connectivity index (χ4v) is 2.64. The highest BCUT2D eigenvalue weighted by atomic mass is 15.0. The average molecular weight is 234 g/mol. The number of aromatic nitrogens is 1. The second-order valence-electron chi connectivity index (χ2n) is 5.32. The number of nitrogens with zero attached hydrogens (tertiary/aromatic N) is 1. The molecule has 4 nitrogen and oxygen atoms in total. The summed E-state index contributed by atoms with van der Waals surface area (Å²) in [5, 5.41) is 3.47. The van der Waals surface area contributed by atoms with E-state index in [1.807, 2.05) is 6.07 Å². The SMILES string of the molecule is CC1CCC(Nc2ccc(N)c(N)n2)C(C)C1. The summed E-state index contributed by atoms with van der Waals surface area (Å²) in [6, 6.07) is 4.21. The lowest BCUT2D eigenvalue weighted by molar-refractivity contribution is 0.276. The van der Waals surface area contributed by atoms with Crippen molar-refractivity contribution in [3.05, 3.63) is 12.1 Å². The van der Waals surface area contributed by atoms with Crippen LogP contribution in [0.2, 0.25) is 0 Å². The molecule has 0 amide bonds. The van der Waals surface area contributed by atoms with Gasteiger partial charge < -0.3 is 16.8 Å². The van der Waals surface area contributed by atoms with E-state index < -0.39 is 0 Å². The highest BCUT2D eigenvalue weighted by Gasteiger charge is 2.25. The molecule has 3 atom stereocenters. The van der Waals surface area contributed by atoms with Gasteiger partial charge in [0.25, 0.3) is 0 Å². The Kier molecular flexibility index (Phi) is 3.41. The van der Waals surface area contributed by atoms with Gasteiger partial charge in [-0.1, -0.05) is 13.8 Å². The topological polar surface area (TPSA) is 77.0 Å². The summed E-state index contributed by atoms with van der Waals surface area (Å²) in [5.74, 6) is 2.77. The third-order valence-corrected chi connectivity index (χ3v) is 3.72. The van der Waals surface area contributed by atoms with E-state index in [0.29, 0.717) is 23.5 Å². The molecule has 1 aliphatic carbocycles. The molecule has 0 spiro atoms. The molecule has 0 radical (unpaired) electrons. The molecule has 1 saturated carbocycles. The summed E-state index contributed by atoms with van der Waals surface area (Å²) in [4.78, 5) is 4.26. The molecule has 1 aromatic rings. The summed E-state index contributed by atoms with van der Waals surface area (Å²) >= 11 is 0. The zero-order chi connectivity index (χ0) is 12.4. The van der Waals surface area contributed by atoms with E-state index in [2.05, 4.69) is 24.1 Å². The van der Waals surface area contributed by atoms with Gasteiger partial charge in [0.1, 0.15) is 11.6 Å². The first-order valence-corrected chi connectivity index (χ1v) is 6.34. The molecule has 1 heterocycles. The van der Waals surface area contributed by atoms with E-state index in [9.17, 15) is 0 Å². The van der Waals surface area contributed by atoms with Gasteiger partial charge in [0.05, 0.1) is 5.69 Å². The van der Waals surface area contributed by atoms with E-state index in [0.717, 1.165) is 11.7 Å². The molecule has 0 saturated heterocycles. The standard InChI is InChI=1S/C13H22N4/c1-8-3-5-11(9(2)7-8)16-12-6-4-10(14)13(15)17-12/h4,6,8-9,11H,3,5,7,14H2,1-2H3,(H3,15,16,17). The molecule has 5 N–H and O–H groups in total. The average Bonchev–Trinajstić information content (AvgIpc) is 2.27. The first kappa shape index (κ1) is 12.0. The maximum atomic E-state index is 5.71. The molecular weight excluding hydrogens is 212 g/mol. The van der Waals surface area contributed by atoms with Crippen molar-refractivity contribution in [1.82, 2.24) is 4.98 Å². The van der Waals surface area contributed by atoms with Crippen molar-refractivity contribution in [3.63, 3.8) is 0 Å². The minimum absolute atomic E-state index is 0.409. The van der Waals surface area contributed by atoms with E-state index in [1.54, 1.807) is 6.07 Å². The van der Waals surface area contributed by atoms with Crippen molar-refractivity contribution >= 4 is 17.3 Å². The van der Waals surface area contributed by atoms with Crippen molar-refractivity contribution in [1.29, 1.82) is 0 Å². The predicted octanol–water partition coefficient (Wildman–Crippen LogP) is 2.48. The Labute approximate surface area is 103 Å². The van der Waals surface area contributed by atoms with Crippen molar-refractivity contribution in [3.8, 4) is 0 Å². The van der Waals surface area contributed by atoms with Gasteiger partial charge in [-0.05, 0) is 43.2 Å². The maximum Gasteiger partial charge on any atom is 0.149 e. The van der Waals surface area contributed by atoms with Gasteiger partial charge in [0.2, 0.25) is 0 Å². The molecule has 0 bridgehead atoms.